The van der Waals surface area contributed by atoms with Crippen molar-refractivity contribution in [2.75, 3.05) is 126 Å². The van der Waals surface area contributed by atoms with E-state index >= 15 is 0 Å². The molecular formula is C74H79N23O10S3. The monoisotopic (exact) mass is 1550 g/mol. The summed E-state index contributed by atoms with van der Waals surface area (Å²) in [4.78, 5) is 109. The van der Waals surface area contributed by atoms with Gasteiger partial charge < -0.3 is 60.4 Å². The highest BCUT2D eigenvalue weighted by molar-refractivity contribution is 7.23. The number of thiazole rings is 3. The molecule has 568 valence electrons. The lowest BCUT2D eigenvalue weighted by Crippen LogP contribution is -2.52. The number of morpholine rings is 1. The second kappa shape index (κ2) is 34.6. The number of rotatable bonds is 30. The fourth-order valence-corrected chi connectivity index (χ4v) is 15.0. The molecule has 3 aromatic carbocycles. The number of carbonyl (C=O) groups excluding carboxylic acids is 3. The summed E-state index contributed by atoms with van der Waals surface area (Å²) >= 11 is 3.83. The standard InChI is InChI=1S/C74H79N23O10S3/c1-6-75-68(100)93-71-89-55-30-42(28-51(62(55)110-71)64-79-17-12-59(92-64)97-39-48(40-97)105-5)45-35-82-65(83-36-45)56(98)8-7-13-80-69(101)94-72-88-53-29-41(26-49(60(53)108-72)52-32-47(9-14-76-52)107-25-24-104-4)44-33-84-66(85-34-44)57(99)10-15-81-70(102)95-73-90-54-31-43(46-37-86-67(87-38-46)74(2,3)103)27-50(61(54)109-73)63-78-16-11-58(91-63)77-18-19-96-20-22-106-23-21-96/h9,11-12,14,16-17,26-38,48,56-57,98-99,103H,6-8,10,13,15,18-25,39-40H2,1-5H3,(H,77,78,91)(H2,75,89,93,100)(H2,80,88,94,101)(H2,81,90,95,102). The Bertz CT molecular complexity index is 5230. The van der Waals surface area contributed by atoms with Crippen LogP contribution in [0.5, 0.6) is 5.75 Å². The van der Waals surface area contributed by atoms with Crippen LogP contribution in [-0.4, -0.2) is 214 Å². The summed E-state index contributed by atoms with van der Waals surface area (Å²) in [5.41, 5.74) is 7.14. The van der Waals surface area contributed by atoms with Gasteiger partial charge in [-0.1, -0.05) is 34.0 Å². The van der Waals surface area contributed by atoms with Crippen LogP contribution in [0.2, 0.25) is 0 Å². The number of hydrogen-bond acceptors (Lipinski definition) is 30. The Morgan fingerprint density at radius 3 is 1.66 bits per heavy atom. The molecule has 2 atom stereocenters. The third-order valence-corrected chi connectivity index (χ3v) is 21.0. The van der Waals surface area contributed by atoms with Gasteiger partial charge >= 0.3 is 18.1 Å². The molecule has 110 heavy (non-hydrogen) atoms. The Hall–Kier alpha value is -11.2. The van der Waals surface area contributed by atoms with Crippen molar-refractivity contribution in [2.24, 2.45) is 0 Å². The third-order valence-electron chi connectivity index (χ3n) is 17.9. The van der Waals surface area contributed by atoms with Gasteiger partial charge in [0.1, 0.15) is 41.8 Å². The van der Waals surface area contributed by atoms with Crippen molar-refractivity contribution in [3.05, 3.63) is 134 Å². The molecule has 0 aliphatic carbocycles. The van der Waals surface area contributed by atoms with Gasteiger partial charge in [-0.3, -0.25) is 25.8 Å². The number of aromatic nitrogens is 14. The summed E-state index contributed by atoms with van der Waals surface area (Å²) in [6.45, 7) is 12.5. The maximum atomic E-state index is 13.5. The van der Waals surface area contributed by atoms with E-state index in [1.807, 2.05) is 61.5 Å². The first-order chi connectivity index (χ1) is 53.5. The summed E-state index contributed by atoms with van der Waals surface area (Å²) in [5.74, 6) is 3.50. The Labute approximate surface area is 642 Å². The molecule has 2 fully saturated rings. The van der Waals surface area contributed by atoms with Gasteiger partial charge in [-0.05, 0) is 111 Å². The van der Waals surface area contributed by atoms with Crippen LogP contribution < -0.4 is 46.9 Å². The van der Waals surface area contributed by atoms with E-state index in [9.17, 15) is 29.7 Å². The molecule has 2 aliphatic heterocycles. The molecule has 2 aliphatic rings. The SMILES string of the molecule is CCNC(=O)Nc1nc2cc(-c3cnc(C(O)CCCNC(=O)Nc4nc5cc(-c6cnc(C(O)CCNC(=O)Nc7nc8cc(-c9cnc(C(C)(C)O)nc9)cc(-c9nccc(NCCN%10CCOCC%10)n9)c8s7)nc6)cc(-c6cc(OCCOC)ccn6)c5s4)nc3)cc(-c3nccc(N4CC(OC)C4)n3)c2s1. The van der Waals surface area contributed by atoms with Crippen molar-refractivity contribution in [1.29, 1.82) is 0 Å². The third kappa shape index (κ3) is 18.4. The van der Waals surface area contributed by atoms with Gasteiger partial charge in [-0.15, -0.1) is 0 Å². The van der Waals surface area contributed by atoms with Crippen LogP contribution in [0.15, 0.2) is 116 Å². The van der Waals surface area contributed by atoms with E-state index < -0.39 is 29.9 Å². The normalized spacial score (nSPS) is 13.9. The fourth-order valence-electron chi connectivity index (χ4n) is 12.1. The van der Waals surface area contributed by atoms with Crippen molar-refractivity contribution in [1.82, 2.24) is 90.6 Å². The lowest BCUT2D eigenvalue weighted by atomic mass is 10.0. The predicted octanol–water partition coefficient (Wildman–Crippen LogP) is 9.72. The van der Waals surface area contributed by atoms with Crippen molar-refractivity contribution in [3.63, 3.8) is 0 Å². The summed E-state index contributed by atoms with van der Waals surface area (Å²) in [5, 5.41) is 54.6. The van der Waals surface area contributed by atoms with Gasteiger partial charge in [0.15, 0.2) is 44.5 Å². The molecule has 0 saturated carbocycles. The van der Waals surface area contributed by atoms with Crippen LogP contribution in [0.4, 0.5) is 41.4 Å². The molecule has 2 unspecified atom stereocenters. The van der Waals surface area contributed by atoms with Crippen molar-refractivity contribution < 1.29 is 48.7 Å². The van der Waals surface area contributed by atoms with Gasteiger partial charge in [0.05, 0.1) is 62.3 Å². The number of nitrogens with zero attached hydrogens (tertiary/aromatic N) is 16. The smallest absolute Gasteiger partial charge is 0.321 e. The zero-order chi connectivity index (χ0) is 76.3. The van der Waals surface area contributed by atoms with E-state index in [1.165, 1.54) is 34.0 Å². The first kappa shape index (κ1) is 75.6. The second-order valence-electron chi connectivity index (χ2n) is 26.3. The van der Waals surface area contributed by atoms with E-state index in [0.29, 0.717) is 159 Å². The number of aliphatic hydroxyl groups is 3. The Kier molecular flexibility index (Phi) is 23.8. The molecule has 9 aromatic heterocycles. The molecule has 6 amide bonds. The summed E-state index contributed by atoms with van der Waals surface area (Å²) in [7, 11) is 3.29. The number of hydrogen-bond donors (Lipinski definition) is 10. The first-order valence-electron chi connectivity index (χ1n) is 35.6. The van der Waals surface area contributed by atoms with Crippen LogP contribution in [0, 0.1) is 0 Å². The minimum atomic E-state index is -1.24. The number of methoxy groups -OCH3 is 2. The van der Waals surface area contributed by atoms with Gasteiger partial charge in [0, 0.05) is 168 Å². The van der Waals surface area contributed by atoms with Crippen LogP contribution in [0.1, 0.15) is 69.7 Å². The number of amides is 6. The minimum absolute atomic E-state index is 0.0526. The number of anilines is 5. The lowest BCUT2D eigenvalue weighted by molar-refractivity contribution is 0.0398. The van der Waals surface area contributed by atoms with Gasteiger partial charge in [-0.25, -0.2) is 79.2 Å². The van der Waals surface area contributed by atoms with Gasteiger partial charge in [-0.2, -0.15) is 0 Å². The Morgan fingerprint density at radius 1 is 0.582 bits per heavy atom. The average molecular weight is 1550 g/mol. The first-order valence-corrected chi connectivity index (χ1v) is 38.0. The molecule has 33 nitrogen and oxygen atoms in total. The van der Waals surface area contributed by atoms with Crippen LogP contribution in [0.25, 0.3) is 98.1 Å². The summed E-state index contributed by atoms with van der Waals surface area (Å²) in [6.07, 6.45) is 13.4. The zero-order valence-corrected chi connectivity index (χ0v) is 63.0. The molecule has 12 aromatic rings. The van der Waals surface area contributed by atoms with E-state index in [0.717, 1.165) is 50.7 Å². The molecule has 36 heteroatoms. The van der Waals surface area contributed by atoms with E-state index in [1.54, 1.807) is 89.9 Å². The maximum absolute atomic E-state index is 13.5. The topological polar surface area (TPSA) is 420 Å². The summed E-state index contributed by atoms with van der Waals surface area (Å²) < 4.78 is 24.4. The minimum Gasteiger partial charge on any atom is -0.491 e. The number of carbonyl (C=O) groups is 3. The molecule has 14 rings (SSSR count). The van der Waals surface area contributed by atoms with Crippen molar-refractivity contribution in [2.45, 2.75) is 63.9 Å². The second-order valence-corrected chi connectivity index (χ2v) is 29.3. The van der Waals surface area contributed by atoms with E-state index in [2.05, 4.69) is 86.9 Å². The molecule has 0 spiro atoms. The zero-order valence-electron chi connectivity index (χ0n) is 60.6. The number of nitrogens with one attached hydrogen (secondary N) is 7. The number of pyridine rings is 1. The molecule has 0 bridgehead atoms. The number of aliphatic hydroxyl groups excluding tert-OH is 2. The molecular weight excluding hydrogens is 1470 g/mol. The molecule has 10 N–H and O–H groups in total. The fraction of sp³-hybridized carbons (Fsp3) is 0.338. The van der Waals surface area contributed by atoms with Crippen molar-refractivity contribution in [3.8, 4) is 73.2 Å². The van der Waals surface area contributed by atoms with E-state index in [-0.39, 0.29) is 55.5 Å². The van der Waals surface area contributed by atoms with Gasteiger partial charge in [0.2, 0.25) is 0 Å². The Balaban J connectivity index is 0.607. The van der Waals surface area contributed by atoms with Gasteiger partial charge in [0.25, 0.3) is 0 Å². The molecule has 2 saturated heterocycles. The number of ether oxygens (including phenoxy) is 4. The highest BCUT2D eigenvalue weighted by Crippen LogP contribution is 2.42. The average Bonchev–Trinajstić information content (AvgIpc) is 1.62. The van der Waals surface area contributed by atoms with Crippen molar-refractivity contribution >= 4 is 110 Å². The quantitative estimate of drug-likeness (QED) is 0.0187. The predicted molar refractivity (Wildman–Crippen MR) is 419 cm³/mol. The highest BCUT2D eigenvalue weighted by atomic mass is 32.1. The maximum Gasteiger partial charge on any atom is 0.321 e. The highest BCUT2D eigenvalue weighted by Gasteiger charge is 2.29. The van der Waals surface area contributed by atoms with Crippen LogP contribution in [0.3, 0.4) is 0 Å². The largest absolute Gasteiger partial charge is 0.491 e. The molecule has 0 radical (unpaired) electrons. The van der Waals surface area contributed by atoms with Crippen LogP contribution in [-0.2, 0) is 19.8 Å². The molecule has 11 heterocycles. The van der Waals surface area contributed by atoms with E-state index in [4.69, 9.17) is 48.9 Å². The number of benzene rings is 3. The number of fused-ring (bicyclic) bond motifs is 3. The Morgan fingerprint density at radius 2 is 1.10 bits per heavy atom. The summed E-state index contributed by atoms with van der Waals surface area (Å²) in [6, 6.07) is 17.2. The number of urea groups is 3. The lowest BCUT2D eigenvalue weighted by Gasteiger charge is -2.39. The van der Waals surface area contributed by atoms with Crippen LogP contribution >= 0.6 is 34.0 Å².